The Bertz CT molecular complexity index is 712. The molecule has 0 spiro atoms. The maximum atomic E-state index is 12.3. The zero-order chi connectivity index (χ0) is 17.0. The van der Waals surface area contributed by atoms with Crippen LogP contribution >= 0.6 is 0 Å². The van der Waals surface area contributed by atoms with Gasteiger partial charge in [0.05, 0.1) is 6.61 Å². The maximum Gasteiger partial charge on any atom is 0.355 e. The third kappa shape index (κ3) is 3.71. The number of ketones is 1. The van der Waals surface area contributed by atoms with Gasteiger partial charge >= 0.3 is 5.97 Å². The van der Waals surface area contributed by atoms with Crippen molar-refractivity contribution in [1.82, 2.24) is 9.13 Å². The van der Waals surface area contributed by atoms with Crippen molar-refractivity contribution >= 4 is 11.8 Å². The van der Waals surface area contributed by atoms with E-state index in [1.54, 1.807) is 37.1 Å². The minimum atomic E-state index is -0.501. The van der Waals surface area contributed by atoms with Crippen molar-refractivity contribution in [1.29, 1.82) is 0 Å². The Kier molecular flexibility index (Phi) is 5.39. The molecule has 0 saturated carbocycles. The van der Waals surface area contributed by atoms with Gasteiger partial charge in [-0.1, -0.05) is 0 Å². The topological polar surface area (TPSA) is 62.5 Å². The largest absolute Gasteiger partial charge is 0.453 e. The Morgan fingerprint density at radius 3 is 2.61 bits per heavy atom. The second-order valence-electron chi connectivity index (χ2n) is 5.43. The van der Waals surface area contributed by atoms with Gasteiger partial charge in [-0.15, -0.1) is 0 Å². The number of methoxy groups -OCH3 is 1. The molecule has 0 N–H and O–H groups in total. The van der Waals surface area contributed by atoms with Crippen LogP contribution in [0.1, 0.15) is 32.2 Å². The van der Waals surface area contributed by atoms with E-state index in [2.05, 4.69) is 0 Å². The number of hydrogen-bond acceptors (Lipinski definition) is 4. The van der Waals surface area contributed by atoms with Crippen LogP contribution in [-0.2, 0) is 23.1 Å². The first-order valence-electron chi connectivity index (χ1n) is 7.43. The van der Waals surface area contributed by atoms with Gasteiger partial charge in [0.2, 0.25) is 5.78 Å². The molecule has 124 valence electrons. The van der Waals surface area contributed by atoms with E-state index in [1.807, 2.05) is 24.5 Å². The highest BCUT2D eigenvalue weighted by Crippen LogP contribution is 2.16. The molecule has 23 heavy (non-hydrogen) atoms. The Hall–Kier alpha value is -2.34. The molecule has 0 aliphatic heterocycles. The van der Waals surface area contributed by atoms with Crippen molar-refractivity contribution in [2.24, 2.45) is 7.05 Å². The molecule has 0 fully saturated rings. The minimum Gasteiger partial charge on any atom is -0.453 e. The summed E-state index contributed by atoms with van der Waals surface area (Å²) in [4.78, 5) is 24.3. The molecule has 0 aromatic carbocycles. The van der Waals surface area contributed by atoms with Gasteiger partial charge in [-0.25, -0.2) is 4.79 Å². The van der Waals surface area contributed by atoms with Crippen LogP contribution in [0.4, 0.5) is 0 Å². The molecule has 2 heterocycles. The summed E-state index contributed by atoms with van der Waals surface area (Å²) in [5.74, 6) is -0.705. The zero-order valence-electron chi connectivity index (χ0n) is 14.0. The van der Waals surface area contributed by atoms with Gasteiger partial charge in [-0.2, -0.15) is 0 Å². The van der Waals surface area contributed by atoms with E-state index in [4.69, 9.17) is 9.47 Å². The van der Waals surface area contributed by atoms with E-state index in [9.17, 15) is 9.59 Å². The quantitative estimate of drug-likeness (QED) is 0.579. The lowest BCUT2D eigenvalue weighted by Gasteiger charge is -2.09. The van der Waals surface area contributed by atoms with E-state index < -0.39 is 5.97 Å². The number of hydrogen-bond donors (Lipinski definition) is 0. The maximum absolute atomic E-state index is 12.3. The molecule has 0 aliphatic rings. The molecule has 2 aromatic rings. The Labute approximate surface area is 135 Å². The van der Waals surface area contributed by atoms with Crippen molar-refractivity contribution in [3.8, 4) is 0 Å². The number of aryl methyl sites for hydroxylation is 2. The summed E-state index contributed by atoms with van der Waals surface area (Å²) < 4.78 is 13.9. The Morgan fingerprint density at radius 2 is 2.00 bits per heavy atom. The number of aromatic nitrogens is 2. The van der Waals surface area contributed by atoms with Gasteiger partial charge in [-0.3, -0.25) is 4.79 Å². The van der Waals surface area contributed by atoms with Crippen molar-refractivity contribution in [3.05, 3.63) is 47.0 Å². The first-order valence-corrected chi connectivity index (χ1v) is 7.43. The number of carbonyl (C=O) groups is 2. The van der Waals surface area contributed by atoms with Crippen LogP contribution in [0.3, 0.4) is 0 Å². The van der Waals surface area contributed by atoms with Crippen molar-refractivity contribution in [2.75, 3.05) is 20.3 Å². The van der Waals surface area contributed by atoms with Gasteiger partial charge in [-0.05, 0) is 32.0 Å². The summed E-state index contributed by atoms with van der Waals surface area (Å²) in [6, 6.07) is 5.23. The van der Waals surface area contributed by atoms with E-state index in [-0.39, 0.29) is 12.4 Å². The summed E-state index contributed by atoms with van der Waals surface area (Å²) >= 11 is 0. The molecule has 6 heteroatoms. The number of carbonyl (C=O) groups excluding carboxylic acids is 2. The number of Topliss-reactive ketones (excluding diaryl/α,β-unsaturated/α-hetero) is 1. The Morgan fingerprint density at radius 1 is 1.26 bits per heavy atom. The number of esters is 1. The fourth-order valence-electron chi connectivity index (χ4n) is 2.57. The van der Waals surface area contributed by atoms with E-state index >= 15 is 0 Å². The minimum absolute atomic E-state index is 0.204. The monoisotopic (exact) mass is 318 g/mol. The van der Waals surface area contributed by atoms with E-state index in [1.165, 1.54) is 0 Å². The molecule has 0 saturated heterocycles. The van der Waals surface area contributed by atoms with Crippen LogP contribution in [0.25, 0.3) is 0 Å². The van der Waals surface area contributed by atoms with E-state index in [0.29, 0.717) is 24.4 Å². The zero-order valence-corrected chi connectivity index (χ0v) is 14.0. The number of ether oxygens (including phenoxy) is 2. The van der Waals surface area contributed by atoms with Crippen molar-refractivity contribution in [3.63, 3.8) is 0 Å². The number of rotatable bonds is 7. The summed E-state index contributed by atoms with van der Waals surface area (Å²) in [5.41, 5.74) is 2.85. The second kappa shape index (κ2) is 7.28. The van der Waals surface area contributed by atoms with Gasteiger partial charge in [0.1, 0.15) is 5.69 Å². The predicted molar refractivity (Wildman–Crippen MR) is 85.8 cm³/mol. The molecule has 2 rings (SSSR count). The van der Waals surface area contributed by atoms with Crippen molar-refractivity contribution < 1.29 is 19.1 Å². The molecule has 6 nitrogen and oxygen atoms in total. The molecular formula is C17H22N2O4. The molecule has 0 amide bonds. The van der Waals surface area contributed by atoms with Gasteiger partial charge in [0.25, 0.3) is 0 Å². The normalized spacial score (nSPS) is 10.8. The molecule has 0 unspecified atom stereocenters. The molecule has 0 atom stereocenters. The molecule has 0 bridgehead atoms. The van der Waals surface area contributed by atoms with Crippen LogP contribution in [0.15, 0.2) is 24.4 Å². The van der Waals surface area contributed by atoms with Crippen LogP contribution in [0.2, 0.25) is 0 Å². The van der Waals surface area contributed by atoms with Crippen LogP contribution < -0.4 is 0 Å². The SMILES string of the molecule is COCCn1c(C)cc(C(=O)COC(=O)c2cccn2C)c1C. The summed E-state index contributed by atoms with van der Waals surface area (Å²) in [6.07, 6.45) is 1.75. The first kappa shape index (κ1) is 17.0. The molecular weight excluding hydrogens is 296 g/mol. The second-order valence-corrected chi connectivity index (χ2v) is 5.43. The fourth-order valence-corrected chi connectivity index (χ4v) is 2.57. The average Bonchev–Trinajstić information content (AvgIpc) is 3.07. The first-order chi connectivity index (χ1) is 11.0. The summed E-state index contributed by atoms with van der Waals surface area (Å²) in [7, 11) is 3.39. The highest BCUT2D eigenvalue weighted by molar-refractivity contribution is 6.00. The van der Waals surface area contributed by atoms with Crippen molar-refractivity contribution in [2.45, 2.75) is 20.4 Å². The fraction of sp³-hybridized carbons (Fsp3) is 0.412. The third-order valence-corrected chi connectivity index (χ3v) is 3.88. The Balaban J connectivity index is 2.04. The lowest BCUT2D eigenvalue weighted by molar-refractivity contribution is 0.0465. The summed E-state index contributed by atoms with van der Waals surface area (Å²) in [5, 5.41) is 0. The standard InChI is InChI=1S/C17H22N2O4/c1-12-10-14(13(2)19(12)8-9-22-4)16(20)11-23-17(21)15-6-5-7-18(15)3/h5-7,10H,8-9,11H2,1-4H3. The van der Waals surface area contributed by atoms with E-state index in [0.717, 1.165) is 11.4 Å². The van der Waals surface area contributed by atoms with Gasteiger partial charge in [0, 0.05) is 43.9 Å². The predicted octanol–water partition coefficient (Wildman–Crippen LogP) is 2.13. The van der Waals surface area contributed by atoms with Crippen LogP contribution in [0.5, 0.6) is 0 Å². The molecule has 0 aliphatic carbocycles. The third-order valence-electron chi connectivity index (χ3n) is 3.88. The number of nitrogens with zero attached hydrogens (tertiary/aromatic N) is 2. The highest BCUT2D eigenvalue weighted by Gasteiger charge is 2.18. The highest BCUT2D eigenvalue weighted by atomic mass is 16.5. The molecule has 0 radical (unpaired) electrons. The average molecular weight is 318 g/mol. The van der Waals surface area contributed by atoms with Gasteiger partial charge < -0.3 is 18.6 Å². The lowest BCUT2D eigenvalue weighted by atomic mass is 10.1. The molecule has 2 aromatic heterocycles. The smallest absolute Gasteiger partial charge is 0.355 e. The van der Waals surface area contributed by atoms with Crippen LogP contribution in [0, 0.1) is 13.8 Å². The van der Waals surface area contributed by atoms with Gasteiger partial charge in [0.15, 0.2) is 6.61 Å². The summed E-state index contributed by atoms with van der Waals surface area (Å²) in [6.45, 7) is 4.82. The lowest BCUT2D eigenvalue weighted by Crippen LogP contribution is -2.17. The van der Waals surface area contributed by atoms with Crippen LogP contribution in [-0.4, -0.2) is 41.2 Å².